The van der Waals surface area contributed by atoms with Gasteiger partial charge in [0.05, 0.1) is 6.33 Å². The molecule has 1 unspecified atom stereocenters. The summed E-state index contributed by atoms with van der Waals surface area (Å²) in [6.07, 6.45) is 12.5. The van der Waals surface area contributed by atoms with Gasteiger partial charge in [0.15, 0.2) is 0 Å². The van der Waals surface area contributed by atoms with E-state index >= 15 is 0 Å². The first kappa shape index (κ1) is 19.8. The topological polar surface area (TPSA) is 36.9 Å². The van der Waals surface area contributed by atoms with Crippen molar-refractivity contribution in [1.29, 1.82) is 0 Å². The third-order valence-corrected chi connectivity index (χ3v) is 6.98. The molecule has 5 rings (SSSR count). The first-order valence-corrected chi connectivity index (χ1v) is 11.1. The van der Waals surface area contributed by atoms with E-state index in [1.807, 2.05) is 18.7 Å². The largest absolute Gasteiger partial charge is 0.355 e. The van der Waals surface area contributed by atoms with Crippen molar-refractivity contribution in [3.8, 4) is 0 Å². The van der Waals surface area contributed by atoms with Crippen molar-refractivity contribution in [3.63, 3.8) is 0 Å². The van der Waals surface area contributed by atoms with Gasteiger partial charge in [0.25, 0.3) is 0 Å². The number of hydrogen-bond donors (Lipinski definition) is 1. The highest BCUT2D eigenvalue weighted by atomic mass is 15.1. The van der Waals surface area contributed by atoms with E-state index in [9.17, 15) is 0 Å². The molecular weight excluding hydrogens is 380 g/mol. The summed E-state index contributed by atoms with van der Waals surface area (Å²) in [6, 6.07) is 19.7. The van der Waals surface area contributed by atoms with Crippen molar-refractivity contribution in [2.45, 2.75) is 37.8 Å². The van der Waals surface area contributed by atoms with Gasteiger partial charge in [-0.15, -0.1) is 0 Å². The lowest BCUT2D eigenvalue weighted by Gasteiger charge is -2.43. The molecule has 4 aromatic rings. The Balaban J connectivity index is 1.50. The van der Waals surface area contributed by atoms with Crippen molar-refractivity contribution in [2.75, 3.05) is 14.1 Å². The van der Waals surface area contributed by atoms with E-state index in [-0.39, 0.29) is 5.54 Å². The molecule has 2 aromatic heterocycles. The van der Waals surface area contributed by atoms with Crippen LogP contribution in [0.3, 0.4) is 0 Å². The van der Waals surface area contributed by atoms with Crippen molar-refractivity contribution in [1.82, 2.24) is 19.4 Å². The Kier molecular flexibility index (Phi) is 5.24. The highest BCUT2D eigenvalue weighted by Gasteiger charge is 2.36. The fraction of sp³-hybridized carbons (Fsp3) is 0.296. The molecule has 0 aliphatic heterocycles. The van der Waals surface area contributed by atoms with E-state index in [1.165, 1.54) is 33.3 Å². The smallest absolute Gasteiger partial charge is 0.0946 e. The van der Waals surface area contributed by atoms with Gasteiger partial charge >= 0.3 is 0 Å². The quantitative estimate of drug-likeness (QED) is 0.447. The molecule has 0 spiro atoms. The summed E-state index contributed by atoms with van der Waals surface area (Å²) in [4.78, 5) is 10.4. The summed E-state index contributed by atoms with van der Waals surface area (Å²) in [7, 11) is 4.43. The Morgan fingerprint density at radius 3 is 2.58 bits per heavy atom. The van der Waals surface area contributed by atoms with Crippen LogP contribution in [0.25, 0.3) is 16.5 Å². The predicted octanol–water partition coefficient (Wildman–Crippen LogP) is 5.63. The Hall–Kier alpha value is -3.11. The first-order valence-electron chi connectivity index (χ1n) is 11.1. The average molecular weight is 411 g/mol. The molecule has 2 heterocycles. The number of para-hydroxylation sites is 1. The van der Waals surface area contributed by atoms with Gasteiger partial charge in [-0.3, -0.25) is 4.90 Å². The number of aromatic amines is 1. The second kappa shape index (κ2) is 8.20. The average Bonchev–Trinajstić information content (AvgIpc) is 3.46. The standard InChI is InChI=1S/C27H30N4/c1-30(2)27(22-8-4-3-5-9-22)15-12-21(13-16-27)26-24(14-18-31-19-17-28-20-31)23-10-6-7-11-25(23)29-26/h3-12,17,19-20,29H,13-16,18H2,1-2H3. The minimum Gasteiger partial charge on any atom is -0.355 e. The molecule has 1 aliphatic carbocycles. The van der Waals surface area contributed by atoms with Crippen LogP contribution < -0.4 is 0 Å². The van der Waals surface area contributed by atoms with Gasteiger partial charge in [-0.1, -0.05) is 54.6 Å². The Morgan fingerprint density at radius 1 is 1.06 bits per heavy atom. The second-order valence-corrected chi connectivity index (χ2v) is 8.80. The van der Waals surface area contributed by atoms with Gasteiger partial charge in [0.2, 0.25) is 0 Å². The van der Waals surface area contributed by atoms with Gasteiger partial charge in [-0.2, -0.15) is 0 Å². The molecule has 0 radical (unpaired) electrons. The molecular formula is C27H30N4. The Labute approximate surface area is 184 Å². The SMILES string of the molecule is CN(C)C1(c2ccccc2)CC=C(c2[nH]c3ccccc3c2CCn2ccnc2)CC1. The number of imidazole rings is 1. The molecule has 0 fully saturated rings. The number of H-pyrrole nitrogens is 1. The molecule has 0 bridgehead atoms. The number of allylic oxidation sites excluding steroid dienone is 1. The van der Waals surface area contributed by atoms with Crippen LogP contribution in [-0.2, 0) is 18.5 Å². The zero-order valence-corrected chi connectivity index (χ0v) is 18.4. The number of nitrogens with zero attached hydrogens (tertiary/aromatic N) is 3. The van der Waals surface area contributed by atoms with Crippen molar-refractivity contribution >= 4 is 16.5 Å². The third kappa shape index (κ3) is 3.61. The summed E-state index contributed by atoms with van der Waals surface area (Å²) >= 11 is 0. The van der Waals surface area contributed by atoms with E-state index in [4.69, 9.17) is 0 Å². The first-order chi connectivity index (χ1) is 15.2. The summed E-state index contributed by atoms with van der Waals surface area (Å²) in [5.41, 5.74) is 6.90. The van der Waals surface area contributed by atoms with Gasteiger partial charge < -0.3 is 9.55 Å². The van der Waals surface area contributed by atoms with E-state index in [0.29, 0.717) is 0 Å². The maximum Gasteiger partial charge on any atom is 0.0946 e. The monoisotopic (exact) mass is 410 g/mol. The van der Waals surface area contributed by atoms with Crippen molar-refractivity contribution < 1.29 is 0 Å². The summed E-state index contributed by atoms with van der Waals surface area (Å²) < 4.78 is 2.16. The number of fused-ring (bicyclic) bond motifs is 1. The highest BCUT2D eigenvalue weighted by molar-refractivity contribution is 5.89. The molecule has 0 saturated heterocycles. The van der Waals surface area contributed by atoms with Crippen LogP contribution in [0.5, 0.6) is 0 Å². The molecule has 2 aromatic carbocycles. The fourth-order valence-electron chi connectivity index (χ4n) is 5.13. The normalized spacial score (nSPS) is 19.1. The van der Waals surface area contributed by atoms with Gasteiger partial charge in [0, 0.05) is 41.1 Å². The number of benzene rings is 2. The maximum absolute atomic E-state index is 4.20. The zero-order chi connectivity index (χ0) is 21.3. The summed E-state index contributed by atoms with van der Waals surface area (Å²) in [6.45, 7) is 0.938. The van der Waals surface area contributed by atoms with E-state index in [0.717, 1.165) is 32.2 Å². The molecule has 1 atom stereocenters. The molecule has 1 N–H and O–H groups in total. The number of aromatic nitrogens is 3. The molecule has 4 nitrogen and oxygen atoms in total. The van der Waals surface area contributed by atoms with Gasteiger partial charge in [0.1, 0.15) is 0 Å². The lowest BCUT2D eigenvalue weighted by molar-refractivity contribution is 0.138. The molecule has 31 heavy (non-hydrogen) atoms. The van der Waals surface area contributed by atoms with Crippen LogP contribution in [0.2, 0.25) is 0 Å². The lowest BCUT2D eigenvalue weighted by atomic mass is 9.75. The minimum absolute atomic E-state index is 0.0632. The molecule has 158 valence electrons. The highest BCUT2D eigenvalue weighted by Crippen LogP contribution is 2.43. The van der Waals surface area contributed by atoms with E-state index < -0.39 is 0 Å². The van der Waals surface area contributed by atoms with E-state index in [1.54, 1.807) is 0 Å². The molecule has 4 heteroatoms. The van der Waals surface area contributed by atoms with Crippen LogP contribution in [0.4, 0.5) is 0 Å². The van der Waals surface area contributed by atoms with Crippen LogP contribution >= 0.6 is 0 Å². The molecule has 1 aliphatic rings. The third-order valence-electron chi connectivity index (χ3n) is 6.98. The van der Waals surface area contributed by atoms with Crippen molar-refractivity contribution in [3.05, 3.63) is 96.2 Å². The number of nitrogens with one attached hydrogen (secondary N) is 1. The second-order valence-electron chi connectivity index (χ2n) is 8.80. The van der Waals surface area contributed by atoms with E-state index in [2.05, 4.69) is 94.2 Å². The van der Waals surface area contributed by atoms with Gasteiger partial charge in [-0.05, 0) is 62.5 Å². The lowest BCUT2D eigenvalue weighted by Crippen LogP contribution is -2.42. The van der Waals surface area contributed by atoms with Crippen LogP contribution in [-0.4, -0.2) is 33.5 Å². The van der Waals surface area contributed by atoms with Crippen LogP contribution in [0.1, 0.15) is 36.1 Å². The number of aryl methyl sites for hydroxylation is 2. The van der Waals surface area contributed by atoms with Crippen LogP contribution in [0, 0.1) is 0 Å². The minimum atomic E-state index is 0.0632. The summed E-state index contributed by atoms with van der Waals surface area (Å²) in [5, 5.41) is 1.34. The predicted molar refractivity (Wildman–Crippen MR) is 128 cm³/mol. The number of hydrogen-bond acceptors (Lipinski definition) is 2. The zero-order valence-electron chi connectivity index (χ0n) is 18.4. The Bertz CT molecular complexity index is 1180. The Morgan fingerprint density at radius 2 is 1.87 bits per heavy atom. The van der Waals surface area contributed by atoms with Gasteiger partial charge in [-0.25, -0.2) is 4.98 Å². The van der Waals surface area contributed by atoms with Crippen molar-refractivity contribution in [2.24, 2.45) is 0 Å². The van der Waals surface area contributed by atoms with Crippen LogP contribution in [0.15, 0.2) is 79.4 Å². The summed E-state index contributed by atoms with van der Waals surface area (Å²) in [5.74, 6) is 0. The number of rotatable bonds is 6. The maximum atomic E-state index is 4.20. The molecule has 0 saturated carbocycles. The fourth-order valence-corrected chi connectivity index (χ4v) is 5.13. The molecule has 0 amide bonds.